The van der Waals surface area contributed by atoms with Gasteiger partial charge < -0.3 is 19.1 Å². The van der Waals surface area contributed by atoms with Crippen molar-refractivity contribution in [1.82, 2.24) is 4.90 Å². The van der Waals surface area contributed by atoms with Gasteiger partial charge in [0.1, 0.15) is 12.1 Å². The molecule has 19 heavy (non-hydrogen) atoms. The molecule has 1 aromatic carbocycles. The van der Waals surface area contributed by atoms with Gasteiger partial charge in [-0.2, -0.15) is 0 Å². The van der Waals surface area contributed by atoms with E-state index in [-0.39, 0.29) is 24.8 Å². The molecule has 0 N–H and O–H groups in total. The standard InChI is InChI=1S/C13H11NO5/c15-12(14-5-8-4-9(14)13(16)19-8)7-1-2-10-11(3-7)18-6-17-10/h1-3,8-9H,4-6H2. The molecule has 1 amide bonds. The van der Waals surface area contributed by atoms with Crippen molar-refractivity contribution >= 4 is 11.9 Å². The number of morpholine rings is 1. The molecule has 6 heteroatoms. The van der Waals surface area contributed by atoms with Crippen molar-refractivity contribution in [3.05, 3.63) is 23.8 Å². The molecule has 98 valence electrons. The number of carbonyl (C=O) groups is 2. The molecule has 6 nitrogen and oxygen atoms in total. The van der Waals surface area contributed by atoms with Crippen LogP contribution < -0.4 is 9.47 Å². The molecule has 0 aliphatic carbocycles. The average molecular weight is 261 g/mol. The van der Waals surface area contributed by atoms with E-state index in [0.717, 1.165) is 0 Å². The summed E-state index contributed by atoms with van der Waals surface area (Å²) in [6.45, 7) is 0.650. The zero-order chi connectivity index (χ0) is 13.0. The summed E-state index contributed by atoms with van der Waals surface area (Å²) in [6.07, 6.45) is 0.463. The minimum atomic E-state index is -0.428. The van der Waals surface area contributed by atoms with Crippen LogP contribution in [-0.4, -0.2) is 42.3 Å². The number of benzene rings is 1. The summed E-state index contributed by atoms with van der Waals surface area (Å²) in [5.41, 5.74) is 0.504. The van der Waals surface area contributed by atoms with Gasteiger partial charge in [0.05, 0.1) is 6.54 Å². The van der Waals surface area contributed by atoms with Crippen molar-refractivity contribution in [3.63, 3.8) is 0 Å². The summed E-state index contributed by atoms with van der Waals surface area (Å²) in [7, 11) is 0. The van der Waals surface area contributed by atoms with Gasteiger partial charge in [-0.25, -0.2) is 4.79 Å². The molecule has 2 saturated heterocycles. The molecule has 2 unspecified atom stereocenters. The Hall–Kier alpha value is -2.24. The van der Waals surface area contributed by atoms with Crippen molar-refractivity contribution in [2.24, 2.45) is 0 Å². The molecular formula is C13H11NO5. The first-order valence-corrected chi connectivity index (χ1v) is 6.13. The summed E-state index contributed by atoms with van der Waals surface area (Å²) in [4.78, 5) is 25.5. The predicted molar refractivity (Wildman–Crippen MR) is 61.9 cm³/mol. The summed E-state index contributed by atoms with van der Waals surface area (Å²) >= 11 is 0. The Morgan fingerprint density at radius 1 is 1.26 bits per heavy atom. The third kappa shape index (κ3) is 1.49. The largest absolute Gasteiger partial charge is 0.459 e. The summed E-state index contributed by atoms with van der Waals surface area (Å²) in [5, 5.41) is 0. The Labute approximate surface area is 108 Å². The highest BCUT2D eigenvalue weighted by molar-refractivity contribution is 5.98. The Morgan fingerprint density at radius 2 is 2.11 bits per heavy atom. The van der Waals surface area contributed by atoms with E-state index in [2.05, 4.69) is 0 Å². The molecule has 3 aliphatic rings. The van der Waals surface area contributed by atoms with E-state index in [9.17, 15) is 9.59 Å². The molecule has 3 heterocycles. The van der Waals surface area contributed by atoms with E-state index in [1.165, 1.54) is 0 Å². The van der Waals surface area contributed by atoms with Crippen LogP contribution in [-0.2, 0) is 9.53 Å². The number of fused-ring (bicyclic) bond motifs is 3. The van der Waals surface area contributed by atoms with E-state index in [4.69, 9.17) is 14.2 Å². The van der Waals surface area contributed by atoms with Crippen molar-refractivity contribution < 1.29 is 23.8 Å². The Bertz CT molecular complexity index is 584. The summed E-state index contributed by atoms with van der Waals surface area (Å²) in [5.74, 6) is 0.740. The van der Waals surface area contributed by atoms with Gasteiger partial charge in [-0.1, -0.05) is 0 Å². The van der Waals surface area contributed by atoms with Gasteiger partial charge in [-0.05, 0) is 18.2 Å². The lowest BCUT2D eigenvalue weighted by atomic mass is 10.1. The molecule has 0 aromatic heterocycles. The van der Waals surface area contributed by atoms with Crippen LogP contribution in [0, 0.1) is 0 Å². The number of esters is 1. The number of hydrogen-bond acceptors (Lipinski definition) is 5. The zero-order valence-electron chi connectivity index (χ0n) is 10.00. The number of nitrogens with zero attached hydrogens (tertiary/aromatic N) is 1. The third-order valence-corrected chi connectivity index (χ3v) is 3.70. The molecule has 0 radical (unpaired) electrons. The van der Waals surface area contributed by atoms with E-state index < -0.39 is 6.04 Å². The number of hydrogen-bond donors (Lipinski definition) is 0. The van der Waals surface area contributed by atoms with Crippen LogP contribution in [0.15, 0.2) is 18.2 Å². The first-order valence-electron chi connectivity index (χ1n) is 6.13. The minimum Gasteiger partial charge on any atom is -0.459 e. The van der Waals surface area contributed by atoms with Gasteiger partial charge in [0.25, 0.3) is 5.91 Å². The molecule has 1 aromatic rings. The Morgan fingerprint density at radius 3 is 2.89 bits per heavy atom. The molecule has 4 rings (SSSR count). The molecule has 2 bridgehead atoms. The van der Waals surface area contributed by atoms with Crippen LogP contribution in [0.2, 0.25) is 0 Å². The third-order valence-electron chi connectivity index (χ3n) is 3.70. The fourth-order valence-electron chi connectivity index (χ4n) is 2.77. The van der Waals surface area contributed by atoms with Crippen LogP contribution >= 0.6 is 0 Å². The van der Waals surface area contributed by atoms with Gasteiger partial charge in [0.2, 0.25) is 6.79 Å². The van der Waals surface area contributed by atoms with Crippen molar-refractivity contribution in [3.8, 4) is 11.5 Å². The van der Waals surface area contributed by atoms with Crippen LogP contribution in [0.3, 0.4) is 0 Å². The van der Waals surface area contributed by atoms with Gasteiger partial charge in [-0.15, -0.1) is 0 Å². The molecule has 3 aliphatic heterocycles. The second-order valence-corrected chi connectivity index (χ2v) is 4.84. The minimum absolute atomic E-state index is 0.143. The molecular weight excluding hydrogens is 250 g/mol. The second kappa shape index (κ2) is 3.63. The second-order valence-electron chi connectivity index (χ2n) is 4.84. The highest BCUT2D eigenvalue weighted by Gasteiger charge is 2.48. The first kappa shape index (κ1) is 10.7. The van der Waals surface area contributed by atoms with Crippen molar-refractivity contribution in [1.29, 1.82) is 0 Å². The van der Waals surface area contributed by atoms with Crippen LogP contribution in [0.4, 0.5) is 0 Å². The van der Waals surface area contributed by atoms with E-state index in [1.807, 2.05) is 0 Å². The Kier molecular flexibility index (Phi) is 2.04. The lowest BCUT2D eigenvalue weighted by Crippen LogP contribution is -2.44. The molecule has 0 saturated carbocycles. The van der Waals surface area contributed by atoms with Crippen LogP contribution in [0.5, 0.6) is 11.5 Å². The maximum absolute atomic E-state index is 12.4. The zero-order valence-corrected chi connectivity index (χ0v) is 10.00. The van der Waals surface area contributed by atoms with Crippen LogP contribution in [0.25, 0.3) is 0 Å². The SMILES string of the molecule is O=C1OC2CC1N(C(=O)c1ccc3c(c1)OCO3)C2. The number of carbonyl (C=O) groups excluding carboxylic acids is 2. The number of likely N-dealkylation sites (tertiary alicyclic amines) is 1. The van der Waals surface area contributed by atoms with Crippen molar-refractivity contribution in [2.75, 3.05) is 13.3 Å². The summed E-state index contributed by atoms with van der Waals surface area (Å²) in [6, 6.07) is 4.63. The lowest BCUT2D eigenvalue weighted by Gasteiger charge is -2.25. The van der Waals surface area contributed by atoms with Gasteiger partial charge in [0, 0.05) is 12.0 Å². The number of ether oxygens (including phenoxy) is 3. The van der Waals surface area contributed by atoms with Gasteiger partial charge in [0.15, 0.2) is 11.5 Å². The number of amides is 1. The maximum Gasteiger partial charge on any atom is 0.329 e. The highest BCUT2D eigenvalue weighted by atomic mass is 16.7. The van der Waals surface area contributed by atoms with E-state index in [1.54, 1.807) is 23.1 Å². The lowest BCUT2D eigenvalue weighted by molar-refractivity contribution is -0.149. The monoisotopic (exact) mass is 261 g/mol. The topological polar surface area (TPSA) is 65.1 Å². The fourth-order valence-corrected chi connectivity index (χ4v) is 2.77. The van der Waals surface area contributed by atoms with E-state index in [0.29, 0.717) is 30.0 Å². The fraction of sp³-hybridized carbons (Fsp3) is 0.385. The van der Waals surface area contributed by atoms with Crippen LogP contribution in [0.1, 0.15) is 16.8 Å². The highest BCUT2D eigenvalue weighted by Crippen LogP contribution is 2.35. The van der Waals surface area contributed by atoms with Gasteiger partial charge >= 0.3 is 5.97 Å². The smallest absolute Gasteiger partial charge is 0.329 e. The molecule has 2 atom stereocenters. The van der Waals surface area contributed by atoms with Crippen molar-refractivity contribution in [2.45, 2.75) is 18.6 Å². The first-order chi connectivity index (χ1) is 9.22. The normalized spacial score (nSPS) is 26.7. The quantitative estimate of drug-likeness (QED) is 0.691. The molecule has 0 spiro atoms. The molecule has 2 fully saturated rings. The van der Waals surface area contributed by atoms with E-state index >= 15 is 0 Å². The summed E-state index contributed by atoms with van der Waals surface area (Å²) < 4.78 is 15.5. The number of rotatable bonds is 1. The predicted octanol–water partition coefficient (Wildman–Crippen LogP) is 0.555. The maximum atomic E-state index is 12.4. The average Bonchev–Trinajstić information content (AvgIpc) is 3.10. The van der Waals surface area contributed by atoms with Gasteiger partial charge in [-0.3, -0.25) is 4.79 Å². The Balaban J connectivity index is 1.63.